The smallest absolute Gasteiger partial charge is 0.260 e. The third-order valence-electron chi connectivity index (χ3n) is 2.76. The molecular weight excluding hydrogens is 267 g/mol. The molecule has 100 valence electrons. The van der Waals surface area contributed by atoms with Crippen molar-refractivity contribution >= 4 is 17.5 Å². The predicted molar refractivity (Wildman–Crippen MR) is 63.2 cm³/mol. The molecule has 0 aromatic heterocycles. The van der Waals surface area contributed by atoms with Crippen molar-refractivity contribution in [2.75, 3.05) is 12.9 Å². The summed E-state index contributed by atoms with van der Waals surface area (Å²) in [7, 11) is 1.38. The van der Waals surface area contributed by atoms with E-state index in [1.54, 1.807) is 13.8 Å². The summed E-state index contributed by atoms with van der Waals surface area (Å²) in [4.78, 5) is 13.1. The van der Waals surface area contributed by atoms with Gasteiger partial charge in [-0.25, -0.2) is 13.2 Å². The molecule has 1 aromatic rings. The second kappa shape index (κ2) is 5.18. The SMILES string of the molecule is CN(C(=O)c1c(F)cc(F)cc1F)C(C)(C)CCl. The Bertz CT molecular complexity index is 453. The van der Waals surface area contributed by atoms with Gasteiger partial charge in [-0.2, -0.15) is 0 Å². The van der Waals surface area contributed by atoms with E-state index in [-0.39, 0.29) is 5.88 Å². The van der Waals surface area contributed by atoms with E-state index in [1.807, 2.05) is 0 Å². The summed E-state index contributed by atoms with van der Waals surface area (Å²) in [6, 6.07) is 0.940. The molecular formula is C12H13ClF3NO. The molecule has 0 aliphatic rings. The largest absolute Gasteiger partial charge is 0.335 e. The number of rotatable bonds is 3. The molecule has 0 aliphatic carbocycles. The van der Waals surface area contributed by atoms with E-state index in [0.717, 1.165) is 4.90 Å². The fourth-order valence-corrected chi connectivity index (χ4v) is 1.46. The van der Waals surface area contributed by atoms with E-state index in [9.17, 15) is 18.0 Å². The molecule has 1 amide bonds. The van der Waals surface area contributed by atoms with E-state index in [1.165, 1.54) is 7.05 Å². The van der Waals surface area contributed by atoms with Crippen LogP contribution in [0.15, 0.2) is 12.1 Å². The minimum atomic E-state index is -1.23. The Morgan fingerprint density at radius 3 is 2.11 bits per heavy atom. The zero-order chi connectivity index (χ0) is 14.1. The number of halogens is 4. The quantitative estimate of drug-likeness (QED) is 0.778. The molecule has 0 fully saturated rings. The van der Waals surface area contributed by atoms with Gasteiger partial charge in [0.05, 0.1) is 5.54 Å². The lowest BCUT2D eigenvalue weighted by atomic mass is 10.0. The molecule has 0 aliphatic heterocycles. The number of hydrogen-bond donors (Lipinski definition) is 0. The van der Waals surface area contributed by atoms with Gasteiger partial charge < -0.3 is 4.90 Å². The number of nitrogens with zero attached hydrogens (tertiary/aromatic N) is 1. The first-order chi connectivity index (χ1) is 8.20. The summed E-state index contributed by atoms with van der Waals surface area (Å²) in [5.74, 6) is -4.31. The second-order valence-electron chi connectivity index (χ2n) is 4.55. The van der Waals surface area contributed by atoms with Gasteiger partial charge in [0.1, 0.15) is 23.0 Å². The van der Waals surface area contributed by atoms with Crippen LogP contribution in [0.1, 0.15) is 24.2 Å². The highest BCUT2D eigenvalue weighted by Crippen LogP contribution is 2.21. The van der Waals surface area contributed by atoms with Gasteiger partial charge in [-0.05, 0) is 13.8 Å². The van der Waals surface area contributed by atoms with Crippen LogP contribution in [0.4, 0.5) is 13.2 Å². The van der Waals surface area contributed by atoms with Crippen LogP contribution in [-0.2, 0) is 0 Å². The third kappa shape index (κ3) is 2.77. The van der Waals surface area contributed by atoms with Crippen molar-refractivity contribution in [2.45, 2.75) is 19.4 Å². The number of hydrogen-bond acceptors (Lipinski definition) is 1. The molecule has 0 atom stereocenters. The average molecular weight is 280 g/mol. The van der Waals surface area contributed by atoms with E-state index < -0.39 is 34.5 Å². The third-order valence-corrected chi connectivity index (χ3v) is 3.41. The Labute approximate surface area is 108 Å². The van der Waals surface area contributed by atoms with Gasteiger partial charge in [0, 0.05) is 25.1 Å². The predicted octanol–water partition coefficient (Wildman–Crippen LogP) is 3.19. The van der Waals surface area contributed by atoms with E-state index >= 15 is 0 Å². The topological polar surface area (TPSA) is 20.3 Å². The van der Waals surface area contributed by atoms with Gasteiger partial charge in [-0.3, -0.25) is 4.79 Å². The lowest BCUT2D eigenvalue weighted by Gasteiger charge is -2.34. The lowest BCUT2D eigenvalue weighted by molar-refractivity contribution is 0.0650. The zero-order valence-corrected chi connectivity index (χ0v) is 11.0. The van der Waals surface area contributed by atoms with Crippen molar-refractivity contribution in [1.82, 2.24) is 4.90 Å². The van der Waals surface area contributed by atoms with E-state index in [2.05, 4.69) is 0 Å². The lowest BCUT2D eigenvalue weighted by Crippen LogP contribution is -2.47. The first-order valence-corrected chi connectivity index (χ1v) is 5.73. The highest BCUT2D eigenvalue weighted by atomic mass is 35.5. The summed E-state index contributed by atoms with van der Waals surface area (Å²) < 4.78 is 39.7. The highest BCUT2D eigenvalue weighted by Gasteiger charge is 2.31. The van der Waals surface area contributed by atoms with Crippen LogP contribution in [0.2, 0.25) is 0 Å². The van der Waals surface area contributed by atoms with Gasteiger partial charge in [0.15, 0.2) is 0 Å². The van der Waals surface area contributed by atoms with E-state index in [4.69, 9.17) is 11.6 Å². The Kier molecular flexibility index (Phi) is 4.27. The van der Waals surface area contributed by atoms with Crippen molar-refractivity contribution in [1.29, 1.82) is 0 Å². The molecule has 0 saturated carbocycles. The molecule has 0 unspecified atom stereocenters. The van der Waals surface area contributed by atoms with Gasteiger partial charge >= 0.3 is 0 Å². The van der Waals surface area contributed by atoms with Crippen molar-refractivity contribution in [3.63, 3.8) is 0 Å². The van der Waals surface area contributed by atoms with Crippen LogP contribution in [0, 0.1) is 17.5 Å². The Morgan fingerprint density at radius 1 is 1.28 bits per heavy atom. The van der Waals surface area contributed by atoms with Crippen LogP contribution < -0.4 is 0 Å². The molecule has 2 nitrogen and oxygen atoms in total. The molecule has 0 radical (unpaired) electrons. The summed E-state index contributed by atoms with van der Waals surface area (Å²) in [5.41, 5.74) is -1.55. The molecule has 0 N–H and O–H groups in total. The monoisotopic (exact) mass is 279 g/mol. The molecule has 0 spiro atoms. The van der Waals surface area contributed by atoms with Crippen LogP contribution in [0.3, 0.4) is 0 Å². The van der Waals surface area contributed by atoms with Gasteiger partial charge in [-0.15, -0.1) is 11.6 Å². The van der Waals surface area contributed by atoms with Crippen LogP contribution in [0.25, 0.3) is 0 Å². The Balaban J connectivity index is 3.20. The number of benzene rings is 1. The maximum absolute atomic E-state index is 13.5. The van der Waals surface area contributed by atoms with Crippen molar-refractivity contribution in [2.24, 2.45) is 0 Å². The number of amides is 1. The molecule has 1 aromatic carbocycles. The Hall–Kier alpha value is -1.23. The fourth-order valence-electron chi connectivity index (χ4n) is 1.28. The van der Waals surface area contributed by atoms with Crippen molar-refractivity contribution < 1.29 is 18.0 Å². The van der Waals surface area contributed by atoms with Crippen LogP contribution in [0.5, 0.6) is 0 Å². The first-order valence-electron chi connectivity index (χ1n) is 5.19. The second-order valence-corrected chi connectivity index (χ2v) is 4.82. The number of alkyl halides is 1. The minimum Gasteiger partial charge on any atom is -0.335 e. The molecule has 0 bridgehead atoms. The number of carbonyl (C=O) groups is 1. The van der Waals surface area contributed by atoms with Gasteiger partial charge in [-0.1, -0.05) is 0 Å². The fraction of sp³-hybridized carbons (Fsp3) is 0.417. The molecule has 1 rings (SSSR count). The summed E-state index contributed by atoms with van der Waals surface area (Å²) >= 11 is 5.68. The average Bonchev–Trinajstić information content (AvgIpc) is 2.26. The highest BCUT2D eigenvalue weighted by molar-refractivity contribution is 6.18. The summed E-state index contributed by atoms with van der Waals surface area (Å²) in [6.07, 6.45) is 0. The summed E-state index contributed by atoms with van der Waals surface area (Å²) in [5, 5.41) is 0. The maximum atomic E-state index is 13.5. The minimum absolute atomic E-state index is 0.0969. The zero-order valence-electron chi connectivity index (χ0n) is 10.2. The first kappa shape index (κ1) is 14.8. The van der Waals surface area contributed by atoms with E-state index in [0.29, 0.717) is 12.1 Å². The Morgan fingerprint density at radius 2 is 1.72 bits per heavy atom. The summed E-state index contributed by atoms with van der Waals surface area (Å²) in [6.45, 7) is 3.30. The van der Waals surface area contributed by atoms with Crippen molar-refractivity contribution in [3.8, 4) is 0 Å². The molecule has 0 heterocycles. The molecule has 0 saturated heterocycles. The van der Waals surface area contributed by atoms with Gasteiger partial charge in [0.2, 0.25) is 0 Å². The van der Waals surface area contributed by atoms with Gasteiger partial charge in [0.25, 0.3) is 5.91 Å². The normalized spacial score (nSPS) is 11.5. The number of carbonyl (C=O) groups excluding carboxylic acids is 1. The van der Waals surface area contributed by atoms with Crippen LogP contribution in [-0.4, -0.2) is 29.3 Å². The molecule has 18 heavy (non-hydrogen) atoms. The standard InChI is InChI=1S/C12H13ClF3NO/c1-12(2,6-13)17(3)11(18)10-8(15)4-7(14)5-9(10)16/h4-5H,6H2,1-3H3. The van der Waals surface area contributed by atoms with Crippen molar-refractivity contribution in [3.05, 3.63) is 35.1 Å². The molecule has 6 heteroatoms. The maximum Gasteiger partial charge on any atom is 0.260 e. The van der Waals surface area contributed by atoms with Crippen LogP contribution >= 0.6 is 11.6 Å².